The molecule has 11 aromatic carbocycles. The van der Waals surface area contributed by atoms with Gasteiger partial charge in [-0.3, -0.25) is 0 Å². The number of hydrogen-bond acceptors (Lipinski definition) is 1. The van der Waals surface area contributed by atoms with Crippen LogP contribution in [0.2, 0.25) is 0 Å². The Morgan fingerprint density at radius 2 is 0.851 bits per heavy atom. The molecule has 67 heavy (non-hydrogen) atoms. The molecule has 0 saturated heterocycles. The summed E-state index contributed by atoms with van der Waals surface area (Å²) in [5.74, 6) is 0. The van der Waals surface area contributed by atoms with Crippen molar-refractivity contribution in [2.24, 2.45) is 0 Å². The van der Waals surface area contributed by atoms with Crippen LogP contribution in [0, 0.1) is 0 Å². The van der Waals surface area contributed by atoms with Crippen molar-refractivity contribution in [1.29, 1.82) is 0 Å². The molecule has 2 nitrogen and oxygen atoms in total. The summed E-state index contributed by atoms with van der Waals surface area (Å²) < 4.78 is 2.42. The quantitative estimate of drug-likeness (QED) is 0.148. The standard InChI is InChI=1S/C65H44N2/c1-4-17-45(18-5-1)47-31-36-52(37-32-47)66(55-41-42-58-57-25-12-14-28-60(57)65(61(58)44-55,50-21-6-2-7-22-50)51-23-8-3-9-24-51)53-38-34-48(35-39-53)56-27-16-30-63-64(56)59-26-13-15-29-62(59)67(63)54-40-33-46-19-10-11-20-49(46)43-54/h1-44H. The van der Waals surface area contributed by atoms with Gasteiger partial charge in [0.25, 0.3) is 0 Å². The van der Waals surface area contributed by atoms with E-state index < -0.39 is 5.41 Å². The second-order valence-electron chi connectivity index (χ2n) is 17.6. The van der Waals surface area contributed by atoms with Crippen molar-refractivity contribution in [2.75, 3.05) is 4.90 Å². The molecule has 0 saturated carbocycles. The number of benzene rings is 11. The van der Waals surface area contributed by atoms with Crippen LogP contribution in [0.15, 0.2) is 267 Å². The molecule has 0 bridgehead atoms. The number of rotatable bonds is 8. The van der Waals surface area contributed by atoms with Crippen molar-refractivity contribution < 1.29 is 0 Å². The van der Waals surface area contributed by atoms with Gasteiger partial charge in [0.05, 0.1) is 16.4 Å². The maximum atomic E-state index is 2.46. The van der Waals surface area contributed by atoms with Gasteiger partial charge in [0.2, 0.25) is 0 Å². The lowest BCUT2D eigenvalue weighted by molar-refractivity contribution is 0.768. The lowest BCUT2D eigenvalue weighted by Gasteiger charge is -2.35. The van der Waals surface area contributed by atoms with Crippen LogP contribution in [0.1, 0.15) is 22.3 Å². The van der Waals surface area contributed by atoms with Crippen molar-refractivity contribution in [1.82, 2.24) is 4.57 Å². The van der Waals surface area contributed by atoms with E-state index in [1.54, 1.807) is 0 Å². The van der Waals surface area contributed by atoms with E-state index in [4.69, 9.17) is 0 Å². The Hall–Kier alpha value is -8.72. The summed E-state index contributed by atoms with van der Waals surface area (Å²) >= 11 is 0. The Morgan fingerprint density at radius 1 is 0.313 bits per heavy atom. The average molecular weight is 853 g/mol. The second-order valence-corrected chi connectivity index (χ2v) is 17.6. The third-order valence-corrected chi connectivity index (χ3v) is 14.1. The van der Waals surface area contributed by atoms with Gasteiger partial charge < -0.3 is 9.47 Å². The Morgan fingerprint density at radius 3 is 1.58 bits per heavy atom. The molecule has 1 aromatic heterocycles. The fraction of sp³-hybridized carbons (Fsp3) is 0.0154. The van der Waals surface area contributed by atoms with Crippen LogP contribution in [0.25, 0.3) is 71.6 Å². The van der Waals surface area contributed by atoms with Crippen LogP contribution in [0.5, 0.6) is 0 Å². The molecule has 1 aliphatic rings. The number of para-hydroxylation sites is 1. The monoisotopic (exact) mass is 852 g/mol. The fourth-order valence-corrected chi connectivity index (χ4v) is 11.1. The molecule has 0 N–H and O–H groups in total. The zero-order valence-corrected chi connectivity index (χ0v) is 36.8. The zero-order valence-electron chi connectivity index (χ0n) is 36.8. The average Bonchev–Trinajstić information content (AvgIpc) is 3.90. The van der Waals surface area contributed by atoms with E-state index >= 15 is 0 Å². The maximum absolute atomic E-state index is 2.46. The Labute approximate surface area is 390 Å². The van der Waals surface area contributed by atoms with E-state index in [1.807, 2.05) is 0 Å². The van der Waals surface area contributed by atoms with Crippen molar-refractivity contribution in [2.45, 2.75) is 5.41 Å². The van der Waals surface area contributed by atoms with Crippen LogP contribution < -0.4 is 4.90 Å². The summed E-state index contributed by atoms with van der Waals surface area (Å²) in [5.41, 5.74) is 18.7. The van der Waals surface area contributed by atoms with Crippen LogP contribution in [0.3, 0.4) is 0 Å². The number of nitrogens with zero attached hydrogens (tertiary/aromatic N) is 2. The molecule has 0 radical (unpaired) electrons. The molecule has 1 heterocycles. The SMILES string of the molecule is c1ccc(-c2ccc(N(c3ccc(-c4cccc5c4c4ccccc4n5-c4ccc5ccccc5c4)cc3)c3ccc4c(c3)C(c3ccccc3)(c3ccccc3)c3ccccc3-4)cc2)cc1. The smallest absolute Gasteiger partial charge is 0.0714 e. The minimum atomic E-state index is -0.512. The van der Waals surface area contributed by atoms with Gasteiger partial charge in [0.1, 0.15) is 0 Å². The molecule has 12 aromatic rings. The Balaban J connectivity index is 0.982. The molecule has 0 fully saturated rings. The summed E-state index contributed by atoms with van der Waals surface area (Å²) in [6.07, 6.45) is 0. The van der Waals surface area contributed by atoms with Crippen LogP contribution in [0.4, 0.5) is 17.1 Å². The predicted octanol–water partition coefficient (Wildman–Crippen LogP) is 17.1. The van der Waals surface area contributed by atoms with Crippen molar-refractivity contribution in [3.05, 3.63) is 289 Å². The highest BCUT2D eigenvalue weighted by atomic mass is 15.1. The first kappa shape index (κ1) is 38.7. The molecule has 0 unspecified atom stereocenters. The molecule has 1 aliphatic carbocycles. The van der Waals surface area contributed by atoms with Gasteiger partial charge in [-0.05, 0) is 127 Å². The number of hydrogen-bond donors (Lipinski definition) is 0. The third kappa shape index (κ3) is 6.18. The maximum Gasteiger partial charge on any atom is 0.0714 e. The van der Waals surface area contributed by atoms with Gasteiger partial charge >= 0.3 is 0 Å². The molecule has 13 rings (SSSR count). The molecule has 2 heteroatoms. The van der Waals surface area contributed by atoms with E-state index in [0.717, 1.165) is 22.7 Å². The third-order valence-electron chi connectivity index (χ3n) is 14.1. The highest BCUT2D eigenvalue weighted by Gasteiger charge is 2.46. The molecule has 0 aliphatic heterocycles. The van der Waals surface area contributed by atoms with Crippen molar-refractivity contribution in [3.63, 3.8) is 0 Å². The van der Waals surface area contributed by atoms with Gasteiger partial charge in [-0.25, -0.2) is 0 Å². The summed E-state index contributed by atoms with van der Waals surface area (Å²) in [6, 6.07) is 98.1. The van der Waals surface area contributed by atoms with E-state index in [-0.39, 0.29) is 0 Å². The predicted molar refractivity (Wildman–Crippen MR) is 281 cm³/mol. The van der Waals surface area contributed by atoms with Crippen LogP contribution in [-0.4, -0.2) is 4.57 Å². The minimum Gasteiger partial charge on any atom is -0.310 e. The Bertz CT molecular complexity index is 3740. The summed E-state index contributed by atoms with van der Waals surface area (Å²) in [6.45, 7) is 0. The normalized spacial score (nSPS) is 12.6. The van der Waals surface area contributed by atoms with Gasteiger partial charge in [-0.15, -0.1) is 0 Å². The molecule has 314 valence electrons. The highest BCUT2D eigenvalue weighted by molar-refractivity contribution is 6.16. The molecular formula is C65H44N2. The lowest BCUT2D eigenvalue weighted by atomic mass is 9.67. The van der Waals surface area contributed by atoms with Crippen LogP contribution in [-0.2, 0) is 5.41 Å². The Kier molecular flexibility index (Phi) is 9.11. The van der Waals surface area contributed by atoms with E-state index in [9.17, 15) is 0 Å². The zero-order chi connectivity index (χ0) is 44.3. The first-order valence-corrected chi connectivity index (χ1v) is 23.2. The van der Waals surface area contributed by atoms with Gasteiger partial charge in [0.15, 0.2) is 0 Å². The molecule has 0 atom stereocenters. The van der Waals surface area contributed by atoms with Gasteiger partial charge in [-0.1, -0.05) is 206 Å². The summed E-state index contributed by atoms with van der Waals surface area (Å²) in [7, 11) is 0. The van der Waals surface area contributed by atoms with Gasteiger partial charge in [-0.2, -0.15) is 0 Å². The first-order valence-electron chi connectivity index (χ1n) is 23.2. The topological polar surface area (TPSA) is 8.17 Å². The number of anilines is 3. The van der Waals surface area contributed by atoms with Gasteiger partial charge in [0, 0.05) is 33.5 Å². The summed E-state index contributed by atoms with van der Waals surface area (Å²) in [4.78, 5) is 2.43. The summed E-state index contributed by atoms with van der Waals surface area (Å²) in [5, 5.41) is 4.97. The highest BCUT2D eigenvalue weighted by Crippen LogP contribution is 2.57. The van der Waals surface area contributed by atoms with Crippen LogP contribution >= 0.6 is 0 Å². The number of aromatic nitrogens is 1. The molecule has 0 amide bonds. The largest absolute Gasteiger partial charge is 0.310 e. The molecular weight excluding hydrogens is 809 g/mol. The van der Waals surface area contributed by atoms with Crippen molar-refractivity contribution >= 4 is 49.6 Å². The lowest BCUT2D eigenvalue weighted by Crippen LogP contribution is -2.28. The first-order chi connectivity index (χ1) is 33.2. The minimum absolute atomic E-state index is 0.512. The van der Waals surface area contributed by atoms with E-state index in [0.29, 0.717) is 0 Å². The van der Waals surface area contributed by atoms with E-state index in [2.05, 4.69) is 276 Å². The van der Waals surface area contributed by atoms with E-state index in [1.165, 1.54) is 88.2 Å². The van der Waals surface area contributed by atoms with Crippen molar-refractivity contribution in [3.8, 4) is 39.1 Å². The molecule has 0 spiro atoms. The second kappa shape index (κ2) is 15.8. The fourth-order valence-electron chi connectivity index (χ4n) is 11.1. The number of fused-ring (bicyclic) bond motifs is 7.